The predicted molar refractivity (Wildman–Crippen MR) is 72.8 cm³/mol. The maximum atomic E-state index is 12.5. The van der Waals surface area contributed by atoms with E-state index in [4.69, 9.17) is 4.74 Å². The second-order valence-corrected chi connectivity index (χ2v) is 6.77. The summed E-state index contributed by atoms with van der Waals surface area (Å²) >= 11 is 0. The molecule has 1 N–H and O–H groups in total. The molecule has 4 nitrogen and oxygen atoms in total. The van der Waals surface area contributed by atoms with E-state index < -0.39 is 15.1 Å². The molecule has 0 aliphatic rings. The van der Waals surface area contributed by atoms with E-state index in [-0.39, 0.29) is 10.9 Å². The zero-order valence-corrected chi connectivity index (χ0v) is 12.1. The zero-order valence-electron chi connectivity index (χ0n) is 11.3. The maximum absolute atomic E-state index is 12.5. The molecule has 0 fully saturated rings. The summed E-state index contributed by atoms with van der Waals surface area (Å²) in [5.41, 5.74) is 0. The molecule has 0 spiro atoms. The number of hydrogen-bond donors (Lipinski definition) is 1. The number of methoxy groups -OCH3 is 1. The highest BCUT2D eigenvalue weighted by atomic mass is 32.2. The fourth-order valence-corrected chi connectivity index (χ4v) is 3.49. The van der Waals surface area contributed by atoms with Crippen molar-refractivity contribution in [2.45, 2.75) is 36.5 Å². The van der Waals surface area contributed by atoms with Crippen molar-refractivity contribution < 1.29 is 13.2 Å². The van der Waals surface area contributed by atoms with E-state index in [1.165, 1.54) is 7.11 Å². The lowest BCUT2D eigenvalue weighted by Gasteiger charge is -2.18. The van der Waals surface area contributed by atoms with Crippen LogP contribution in [0.15, 0.2) is 29.2 Å². The topological polar surface area (TPSA) is 55.4 Å². The highest BCUT2D eigenvalue weighted by Gasteiger charge is 2.27. The Morgan fingerprint density at radius 2 is 1.89 bits per heavy atom. The summed E-state index contributed by atoms with van der Waals surface area (Å²) < 4.78 is 30.0. The first-order chi connectivity index (χ1) is 8.43. The summed E-state index contributed by atoms with van der Waals surface area (Å²) in [7, 11) is -0.0440. The minimum absolute atomic E-state index is 0.157. The van der Waals surface area contributed by atoms with Gasteiger partial charge in [-0.05, 0) is 39.4 Å². The van der Waals surface area contributed by atoms with Crippen LogP contribution in [0.1, 0.15) is 20.3 Å². The Morgan fingerprint density at radius 3 is 2.44 bits per heavy atom. The van der Waals surface area contributed by atoms with Crippen LogP contribution in [0, 0.1) is 0 Å². The van der Waals surface area contributed by atoms with Crippen LogP contribution >= 0.6 is 0 Å². The average Bonchev–Trinajstić information content (AvgIpc) is 2.38. The zero-order chi connectivity index (χ0) is 13.8. The molecule has 0 saturated heterocycles. The minimum atomic E-state index is -3.35. The molecule has 0 amide bonds. The lowest BCUT2D eigenvalue weighted by Crippen LogP contribution is -2.29. The molecule has 1 aromatic carbocycles. The smallest absolute Gasteiger partial charge is 0.184 e. The summed E-state index contributed by atoms with van der Waals surface area (Å²) in [6.45, 7) is 3.70. The number of ether oxygens (including phenoxy) is 1. The number of benzene rings is 1. The second-order valence-electron chi connectivity index (χ2n) is 4.43. The van der Waals surface area contributed by atoms with E-state index in [1.54, 1.807) is 31.2 Å². The molecule has 0 radical (unpaired) electrons. The van der Waals surface area contributed by atoms with Gasteiger partial charge in [0.25, 0.3) is 0 Å². The largest absolute Gasteiger partial charge is 0.495 e. The first kappa shape index (κ1) is 15.0. The molecule has 2 unspecified atom stereocenters. The van der Waals surface area contributed by atoms with Gasteiger partial charge in [0.2, 0.25) is 0 Å². The Balaban J connectivity index is 3.05. The average molecular weight is 271 g/mol. The van der Waals surface area contributed by atoms with E-state index in [0.717, 1.165) is 0 Å². The van der Waals surface area contributed by atoms with Gasteiger partial charge in [-0.2, -0.15) is 0 Å². The number of sulfone groups is 1. The molecule has 2 atom stereocenters. The summed E-state index contributed by atoms with van der Waals surface area (Å²) in [6, 6.07) is 6.89. The molecule has 1 rings (SSSR count). The summed E-state index contributed by atoms with van der Waals surface area (Å²) in [5.74, 6) is 0.404. The molecule has 18 heavy (non-hydrogen) atoms. The van der Waals surface area contributed by atoms with Gasteiger partial charge in [0.1, 0.15) is 10.6 Å². The third-order valence-corrected chi connectivity index (χ3v) is 5.29. The molecule has 0 saturated carbocycles. The number of para-hydroxylation sites is 1. The summed E-state index contributed by atoms with van der Waals surface area (Å²) in [4.78, 5) is 0.267. The quantitative estimate of drug-likeness (QED) is 0.858. The molecular formula is C13H21NO3S. The highest BCUT2D eigenvalue weighted by molar-refractivity contribution is 7.92. The Labute approximate surface area is 109 Å². The van der Waals surface area contributed by atoms with E-state index >= 15 is 0 Å². The Morgan fingerprint density at radius 1 is 1.28 bits per heavy atom. The summed E-state index contributed by atoms with van der Waals surface area (Å²) in [5, 5.41) is 2.60. The molecule has 1 aromatic rings. The number of rotatable bonds is 6. The van der Waals surface area contributed by atoms with E-state index in [0.29, 0.717) is 12.2 Å². The fraction of sp³-hybridized carbons (Fsp3) is 0.538. The van der Waals surface area contributed by atoms with E-state index in [9.17, 15) is 8.42 Å². The molecule has 0 aliphatic carbocycles. The van der Waals surface area contributed by atoms with Gasteiger partial charge in [0.05, 0.1) is 12.4 Å². The maximum Gasteiger partial charge on any atom is 0.184 e. The standard InChI is InChI=1S/C13H21NO3S/c1-10(14-3)9-11(2)18(15,16)13-8-6-5-7-12(13)17-4/h5-8,10-11,14H,9H2,1-4H3. The normalized spacial score (nSPS) is 15.1. The van der Waals surface area contributed by atoms with Gasteiger partial charge in [-0.15, -0.1) is 0 Å². The third kappa shape index (κ3) is 3.23. The van der Waals surface area contributed by atoms with Crippen LogP contribution in [0.3, 0.4) is 0 Å². The van der Waals surface area contributed by atoms with Crippen LogP contribution in [0.25, 0.3) is 0 Å². The van der Waals surface area contributed by atoms with Crippen LogP contribution < -0.4 is 10.1 Å². The number of hydrogen-bond acceptors (Lipinski definition) is 4. The second kappa shape index (κ2) is 6.20. The lowest BCUT2D eigenvalue weighted by atomic mass is 10.2. The molecule has 0 aliphatic heterocycles. The Bertz CT molecular complexity index is 485. The van der Waals surface area contributed by atoms with Crippen molar-refractivity contribution in [3.8, 4) is 5.75 Å². The molecule has 5 heteroatoms. The minimum Gasteiger partial charge on any atom is -0.495 e. The van der Waals surface area contributed by atoms with Crippen LogP contribution in [-0.4, -0.2) is 33.9 Å². The SMILES string of the molecule is CNC(C)CC(C)S(=O)(=O)c1ccccc1OC. The highest BCUT2D eigenvalue weighted by Crippen LogP contribution is 2.27. The van der Waals surface area contributed by atoms with Gasteiger partial charge < -0.3 is 10.1 Å². The Kier molecular flexibility index (Phi) is 5.16. The van der Waals surface area contributed by atoms with E-state index in [1.807, 2.05) is 14.0 Å². The van der Waals surface area contributed by atoms with Crippen LogP contribution in [-0.2, 0) is 9.84 Å². The van der Waals surface area contributed by atoms with E-state index in [2.05, 4.69) is 5.32 Å². The van der Waals surface area contributed by atoms with Gasteiger partial charge >= 0.3 is 0 Å². The van der Waals surface area contributed by atoms with Gasteiger partial charge in [0, 0.05) is 6.04 Å². The first-order valence-electron chi connectivity index (χ1n) is 5.97. The van der Waals surface area contributed by atoms with Crippen LogP contribution in [0.2, 0.25) is 0 Å². The van der Waals surface area contributed by atoms with Crippen molar-refractivity contribution in [1.29, 1.82) is 0 Å². The first-order valence-corrected chi connectivity index (χ1v) is 7.52. The van der Waals surface area contributed by atoms with Crippen molar-refractivity contribution in [3.05, 3.63) is 24.3 Å². The molecule has 0 heterocycles. The van der Waals surface area contributed by atoms with Crippen molar-refractivity contribution in [3.63, 3.8) is 0 Å². The molecule has 102 valence electrons. The molecule has 0 aromatic heterocycles. The van der Waals surface area contributed by atoms with Gasteiger partial charge in [-0.3, -0.25) is 0 Å². The predicted octanol–water partition coefficient (Wildman–Crippen LogP) is 1.86. The van der Waals surface area contributed by atoms with Crippen LogP contribution in [0.5, 0.6) is 5.75 Å². The van der Waals surface area contributed by atoms with Crippen molar-refractivity contribution in [2.75, 3.05) is 14.2 Å². The van der Waals surface area contributed by atoms with Crippen molar-refractivity contribution in [2.24, 2.45) is 0 Å². The van der Waals surface area contributed by atoms with Gasteiger partial charge in [-0.25, -0.2) is 8.42 Å². The molecule has 0 bridgehead atoms. The summed E-state index contributed by atoms with van der Waals surface area (Å²) in [6.07, 6.45) is 0.566. The lowest BCUT2D eigenvalue weighted by molar-refractivity contribution is 0.402. The monoisotopic (exact) mass is 271 g/mol. The van der Waals surface area contributed by atoms with Crippen molar-refractivity contribution >= 4 is 9.84 Å². The van der Waals surface area contributed by atoms with Gasteiger partial charge in [-0.1, -0.05) is 12.1 Å². The van der Waals surface area contributed by atoms with Crippen molar-refractivity contribution in [1.82, 2.24) is 5.32 Å². The fourth-order valence-electron chi connectivity index (χ4n) is 1.81. The molecular weight excluding hydrogens is 250 g/mol. The van der Waals surface area contributed by atoms with Crippen LogP contribution in [0.4, 0.5) is 0 Å². The van der Waals surface area contributed by atoms with Gasteiger partial charge in [0.15, 0.2) is 9.84 Å². The number of nitrogens with one attached hydrogen (secondary N) is 1. The Hall–Kier alpha value is -1.07. The third-order valence-electron chi connectivity index (χ3n) is 3.08.